The number of aromatic amines is 2. The summed E-state index contributed by atoms with van der Waals surface area (Å²) < 4.78 is 7.84. The van der Waals surface area contributed by atoms with E-state index in [1.807, 2.05) is 13.8 Å². The highest BCUT2D eigenvalue weighted by atomic mass is 16.5. The van der Waals surface area contributed by atoms with Gasteiger partial charge in [0.25, 0.3) is 11.1 Å². The highest BCUT2D eigenvalue weighted by molar-refractivity contribution is 5.56. The van der Waals surface area contributed by atoms with Gasteiger partial charge in [0.05, 0.1) is 11.5 Å². The molecule has 3 heterocycles. The monoisotopic (exact) mass is 471 g/mol. The molecule has 34 heavy (non-hydrogen) atoms. The second-order valence-corrected chi connectivity index (χ2v) is 8.04. The topological polar surface area (TPSA) is 179 Å². The van der Waals surface area contributed by atoms with Gasteiger partial charge in [0.15, 0.2) is 0 Å². The maximum atomic E-state index is 13.5. The van der Waals surface area contributed by atoms with Crippen LogP contribution in [0.15, 0.2) is 43.4 Å². The molecule has 1 aromatic carbocycles. The van der Waals surface area contributed by atoms with Gasteiger partial charge in [-0.15, -0.1) is 0 Å². The first-order chi connectivity index (χ1) is 15.9. The van der Waals surface area contributed by atoms with E-state index in [4.69, 9.17) is 4.74 Å². The van der Waals surface area contributed by atoms with Crippen molar-refractivity contribution >= 4 is 0 Å². The van der Waals surface area contributed by atoms with Gasteiger partial charge in [-0.05, 0) is 24.8 Å². The van der Waals surface area contributed by atoms with E-state index in [1.54, 1.807) is 24.3 Å². The molecule has 4 rings (SSSR count). The first kappa shape index (κ1) is 24.8. The van der Waals surface area contributed by atoms with Crippen LogP contribution >= 0.6 is 0 Å². The van der Waals surface area contributed by atoms with Crippen molar-refractivity contribution in [3.63, 3.8) is 0 Å². The molecule has 0 aliphatic carbocycles. The van der Waals surface area contributed by atoms with Crippen LogP contribution in [0, 0.1) is 0 Å². The molecule has 2 aromatic heterocycles. The molecule has 1 aliphatic rings. The van der Waals surface area contributed by atoms with Crippen LogP contribution in [0.5, 0.6) is 17.5 Å². The molecule has 1 atom stereocenters. The lowest BCUT2D eigenvalue weighted by molar-refractivity contribution is -0.281. The van der Waals surface area contributed by atoms with Crippen LogP contribution < -0.4 is 38.5 Å². The maximum Gasteiger partial charge on any atom is 0.331 e. The molecule has 3 aromatic rings. The lowest BCUT2D eigenvalue weighted by Crippen LogP contribution is -2.42. The normalized spacial score (nSPS) is 14.0. The second-order valence-electron chi connectivity index (χ2n) is 8.04. The number of rotatable bonds is 7. The van der Waals surface area contributed by atoms with Crippen LogP contribution in [0.25, 0.3) is 0 Å². The van der Waals surface area contributed by atoms with Crippen LogP contribution in [0.1, 0.15) is 62.1 Å². The Kier molecular flexibility index (Phi) is 7.26. The third-order valence-corrected chi connectivity index (χ3v) is 5.86. The van der Waals surface area contributed by atoms with Crippen molar-refractivity contribution in [2.75, 3.05) is 0 Å². The van der Waals surface area contributed by atoms with E-state index in [2.05, 4.69) is 9.97 Å². The molecule has 0 radical (unpaired) electrons. The predicted octanol–water partition coefficient (Wildman–Crippen LogP) is 1.72. The molecule has 182 valence electrons. The molecule has 11 nitrogen and oxygen atoms in total. The fourth-order valence-electron chi connectivity index (χ4n) is 4.14. The number of hydrogen-bond acceptors (Lipinski definition) is 6. The Labute approximate surface area is 194 Å². The number of hydrogen-bond donors (Lipinski definition) is 3. The lowest BCUT2D eigenvalue weighted by atomic mass is 9.85. The van der Waals surface area contributed by atoms with Crippen molar-refractivity contribution in [1.82, 2.24) is 25.3 Å². The Balaban J connectivity index is 0.00000324. The van der Waals surface area contributed by atoms with Crippen LogP contribution in [0.4, 0.5) is 0 Å². The summed E-state index contributed by atoms with van der Waals surface area (Å²) in [5.41, 5.74) is -2.75. The van der Waals surface area contributed by atoms with Gasteiger partial charge < -0.3 is 20.6 Å². The van der Waals surface area contributed by atoms with Gasteiger partial charge in [-0.3, -0.25) is 24.1 Å². The molecule has 0 spiro atoms. The number of aromatic nitrogens is 4. The molecular weight excluding hydrogens is 442 g/mol. The van der Waals surface area contributed by atoms with E-state index in [0.717, 1.165) is 22.0 Å². The summed E-state index contributed by atoms with van der Waals surface area (Å²) in [5, 5.41) is 13.4. The number of nitrogens with zero attached hydrogens (tertiary/aromatic N) is 2. The number of fused-ring (bicyclic) bond motifs is 2. The number of ether oxygens (including phenoxy) is 1. The average Bonchev–Trinajstić information content (AvgIpc) is 2.78. The number of quaternary nitrogens is 1. The number of nitrogens with one attached hydrogen (secondary N) is 2. The quantitative estimate of drug-likeness (QED) is 0.369. The minimum Gasteiger partial charge on any atom is -0.860 e. The van der Waals surface area contributed by atoms with E-state index >= 15 is 0 Å². The van der Waals surface area contributed by atoms with Crippen LogP contribution in [0.3, 0.4) is 0 Å². The van der Waals surface area contributed by atoms with Gasteiger partial charge in [0, 0.05) is 24.2 Å². The number of H-pyrrole nitrogens is 2. The Morgan fingerprint density at radius 3 is 2.21 bits per heavy atom. The van der Waals surface area contributed by atoms with E-state index in [1.165, 1.54) is 0 Å². The third-order valence-electron chi connectivity index (χ3n) is 5.86. The Bertz CT molecular complexity index is 1430. The van der Waals surface area contributed by atoms with Crippen molar-refractivity contribution in [1.29, 1.82) is 0 Å². The van der Waals surface area contributed by atoms with Gasteiger partial charge in [-0.1, -0.05) is 44.9 Å². The minimum atomic E-state index is -1.10. The zero-order valence-electron chi connectivity index (χ0n) is 19.5. The van der Waals surface area contributed by atoms with Crippen molar-refractivity contribution in [3.05, 3.63) is 82.6 Å². The van der Waals surface area contributed by atoms with Crippen molar-refractivity contribution in [2.45, 2.75) is 58.5 Å². The van der Waals surface area contributed by atoms with Gasteiger partial charge in [-0.25, -0.2) is 9.59 Å². The molecule has 0 amide bonds. The third kappa shape index (κ3) is 4.10. The van der Waals surface area contributed by atoms with E-state index in [9.17, 15) is 24.3 Å². The zero-order valence-corrected chi connectivity index (χ0v) is 19.5. The summed E-state index contributed by atoms with van der Waals surface area (Å²) in [4.78, 5) is 56.1. The van der Waals surface area contributed by atoms with Crippen molar-refractivity contribution in [2.24, 2.45) is 0 Å². The second kappa shape index (κ2) is 9.96. The highest BCUT2D eigenvalue weighted by Gasteiger charge is 2.35. The molecule has 6 N–H and O–H groups in total. The van der Waals surface area contributed by atoms with E-state index < -0.39 is 34.3 Å². The molecule has 0 bridgehead atoms. The van der Waals surface area contributed by atoms with Gasteiger partial charge in [0.2, 0.25) is 5.88 Å². The molecule has 0 fully saturated rings. The first-order valence-corrected chi connectivity index (χ1v) is 11.1. The first-order valence-electron chi connectivity index (χ1n) is 11.1. The summed E-state index contributed by atoms with van der Waals surface area (Å²) in [6.45, 7) is 4.18. The average molecular weight is 472 g/mol. The summed E-state index contributed by atoms with van der Waals surface area (Å²) >= 11 is 0. The fraction of sp³-hybridized carbons (Fsp3) is 0.391. The lowest BCUT2D eigenvalue weighted by Gasteiger charge is -2.30. The minimum absolute atomic E-state index is 0. The number of unbranched alkanes of at least 4 members (excludes halogenated alkanes) is 2. The Morgan fingerprint density at radius 2 is 1.53 bits per heavy atom. The summed E-state index contributed by atoms with van der Waals surface area (Å²) in [7, 11) is 0. The molecule has 11 heteroatoms. The largest absolute Gasteiger partial charge is 0.860 e. The number of benzene rings is 1. The summed E-state index contributed by atoms with van der Waals surface area (Å²) in [6, 6.07) is 6.68. The molecule has 0 saturated carbocycles. The highest BCUT2D eigenvalue weighted by Crippen LogP contribution is 2.44. The standard InChI is InChI=1S/C23H26N4O6.H3N/c1-3-5-11-26-20(29)16(18(28)24-22(26)31)15-13-9-7-8-10-14(13)33-19-17(15)21(30)27(12-6-4-2)23(32)25-19;/h7-10,15,29H,3-6,11-12H2,1-2H3,(H,25,32)(H,24,28,31);1H3. The van der Waals surface area contributed by atoms with Crippen LogP contribution in [-0.4, -0.2) is 19.1 Å². The smallest absolute Gasteiger partial charge is 0.331 e. The Morgan fingerprint density at radius 1 is 0.912 bits per heavy atom. The van der Waals surface area contributed by atoms with Crippen LogP contribution in [-0.2, 0) is 13.1 Å². The van der Waals surface area contributed by atoms with E-state index in [0.29, 0.717) is 24.2 Å². The molecule has 0 saturated heterocycles. The van der Waals surface area contributed by atoms with Crippen molar-refractivity contribution in [3.8, 4) is 17.5 Å². The summed E-state index contributed by atoms with van der Waals surface area (Å²) in [6.07, 6.45) is 2.67. The molecular formula is C23H29N5O6. The zero-order chi connectivity index (χ0) is 23.7. The molecule has 1 unspecified atom stereocenters. The van der Waals surface area contributed by atoms with Crippen LogP contribution in [0.2, 0.25) is 0 Å². The summed E-state index contributed by atoms with van der Waals surface area (Å²) in [5.74, 6) is -1.66. The Hall–Kier alpha value is -3.86. The SMILES string of the molecule is CCCCn1c([O-])c(C2c3ccccc3Oc3[nH]c(=O)n(CCCC)c(=O)c32)c(=O)[nH]c1=O.[NH4+]. The van der Waals surface area contributed by atoms with Gasteiger partial charge in [0.1, 0.15) is 5.75 Å². The van der Waals surface area contributed by atoms with E-state index in [-0.39, 0.29) is 36.2 Å². The predicted molar refractivity (Wildman–Crippen MR) is 125 cm³/mol. The van der Waals surface area contributed by atoms with Gasteiger partial charge in [-0.2, -0.15) is 0 Å². The maximum absolute atomic E-state index is 13.5. The molecule has 1 aliphatic heterocycles. The fourth-order valence-corrected chi connectivity index (χ4v) is 4.14. The number of para-hydroxylation sites is 1. The van der Waals surface area contributed by atoms with Gasteiger partial charge >= 0.3 is 11.4 Å². The van der Waals surface area contributed by atoms with Crippen molar-refractivity contribution < 1.29 is 9.84 Å².